The van der Waals surface area contributed by atoms with Crippen molar-refractivity contribution in [3.8, 4) is 11.5 Å². The first-order valence-corrected chi connectivity index (χ1v) is 10.5. The Balaban J connectivity index is 1.76. The second-order valence-corrected chi connectivity index (χ2v) is 8.31. The van der Waals surface area contributed by atoms with Crippen LogP contribution < -0.4 is 15.0 Å². The Kier molecular flexibility index (Phi) is 5.36. The number of methoxy groups -OCH3 is 1. The molecule has 1 aliphatic rings. The predicted octanol–water partition coefficient (Wildman–Crippen LogP) is 5.27. The summed E-state index contributed by atoms with van der Waals surface area (Å²) in [6.07, 6.45) is 4.74. The van der Waals surface area contributed by atoms with Gasteiger partial charge in [-0.2, -0.15) is 0 Å². The van der Waals surface area contributed by atoms with Gasteiger partial charge >= 0.3 is 0 Å². The lowest BCUT2D eigenvalue weighted by molar-refractivity contribution is 0.311. The number of H-pyrrole nitrogens is 1. The second-order valence-electron chi connectivity index (χ2n) is 6.41. The minimum absolute atomic E-state index is 0.145. The number of halogens is 2. The topological polar surface area (TPSA) is 64.2 Å². The number of aryl methyl sites for hydroxylation is 2. The van der Waals surface area contributed by atoms with Gasteiger partial charge < -0.3 is 14.5 Å². The van der Waals surface area contributed by atoms with Crippen molar-refractivity contribution in [2.45, 2.75) is 26.2 Å². The standard InChI is InChI=1S/C20H18Cl2N2O3S/c1-3-27-14-9-10(7-12(21)17(14)26-2)8-13(22)18-23-19(25)16-11-5-4-6-15(11)28-20(16)24-18/h7-9H,3-6H2,1-2H3,(H,23,24,25)/b13-8-. The number of nitrogens with zero attached hydrogens (tertiary/aromatic N) is 1. The molecule has 2 heterocycles. The summed E-state index contributed by atoms with van der Waals surface area (Å²) in [5, 5.41) is 1.43. The van der Waals surface area contributed by atoms with Gasteiger partial charge in [0.05, 0.1) is 29.2 Å². The molecule has 146 valence electrons. The van der Waals surface area contributed by atoms with Crippen LogP contribution in [0.4, 0.5) is 0 Å². The molecule has 0 spiro atoms. The summed E-state index contributed by atoms with van der Waals surface area (Å²) in [7, 11) is 1.54. The van der Waals surface area contributed by atoms with E-state index in [0.29, 0.717) is 39.4 Å². The Morgan fingerprint density at radius 3 is 2.96 bits per heavy atom. The summed E-state index contributed by atoms with van der Waals surface area (Å²) >= 11 is 14.4. The molecule has 2 aromatic heterocycles. The monoisotopic (exact) mass is 436 g/mol. The van der Waals surface area contributed by atoms with Gasteiger partial charge in [-0.05, 0) is 55.5 Å². The van der Waals surface area contributed by atoms with E-state index in [9.17, 15) is 4.79 Å². The summed E-state index contributed by atoms with van der Waals surface area (Å²) in [5.74, 6) is 1.33. The lowest BCUT2D eigenvalue weighted by Gasteiger charge is -2.12. The molecule has 1 aliphatic carbocycles. The molecule has 0 saturated carbocycles. The van der Waals surface area contributed by atoms with Crippen LogP contribution in [0.3, 0.4) is 0 Å². The van der Waals surface area contributed by atoms with Crippen molar-refractivity contribution >= 4 is 55.9 Å². The smallest absolute Gasteiger partial charge is 0.260 e. The number of thiophene rings is 1. The summed E-state index contributed by atoms with van der Waals surface area (Å²) in [5.41, 5.74) is 1.72. The molecule has 0 fully saturated rings. The molecule has 1 N–H and O–H groups in total. The Labute approximate surface area is 175 Å². The van der Waals surface area contributed by atoms with Crippen molar-refractivity contribution in [2.75, 3.05) is 13.7 Å². The number of benzene rings is 1. The van der Waals surface area contributed by atoms with Crippen molar-refractivity contribution in [1.82, 2.24) is 9.97 Å². The minimum atomic E-state index is -0.145. The van der Waals surface area contributed by atoms with E-state index in [1.54, 1.807) is 29.5 Å². The van der Waals surface area contributed by atoms with Gasteiger partial charge in [0, 0.05) is 4.88 Å². The largest absolute Gasteiger partial charge is 0.491 e. The fourth-order valence-corrected chi connectivity index (χ4v) is 5.24. The average Bonchev–Trinajstić information content (AvgIpc) is 3.22. The number of rotatable bonds is 5. The van der Waals surface area contributed by atoms with Crippen LogP contribution in [0, 0.1) is 0 Å². The molecule has 0 amide bonds. The van der Waals surface area contributed by atoms with Crippen molar-refractivity contribution in [1.29, 1.82) is 0 Å². The van der Waals surface area contributed by atoms with Gasteiger partial charge in [0.15, 0.2) is 17.3 Å². The van der Waals surface area contributed by atoms with E-state index in [4.69, 9.17) is 32.7 Å². The lowest BCUT2D eigenvalue weighted by Crippen LogP contribution is -2.10. The third kappa shape index (κ3) is 3.41. The fraction of sp³-hybridized carbons (Fsp3) is 0.300. The number of aromatic amines is 1. The normalized spacial score (nSPS) is 13.8. The van der Waals surface area contributed by atoms with Crippen molar-refractivity contribution in [3.05, 3.63) is 49.3 Å². The van der Waals surface area contributed by atoms with Gasteiger partial charge in [-0.1, -0.05) is 23.2 Å². The molecule has 1 aromatic carbocycles. The maximum Gasteiger partial charge on any atom is 0.260 e. The fourth-order valence-electron chi connectivity index (χ4n) is 3.46. The SMILES string of the molecule is CCOc1cc(/C=C(\Cl)c2nc3sc4c(c3c(=O)[nH]2)CCC4)cc(Cl)c1OC. The molecule has 8 heteroatoms. The number of aromatic nitrogens is 2. The Hall–Kier alpha value is -2.02. The number of hydrogen-bond acceptors (Lipinski definition) is 5. The first-order chi connectivity index (χ1) is 13.5. The van der Waals surface area contributed by atoms with Crippen molar-refractivity contribution in [3.63, 3.8) is 0 Å². The molecule has 0 aliphatic heterocycles. The van der Waals surface area contributed by atoms with Crippen LogP contribution in [0.15, 0.2) is 16.9 Å². The second kappa shape index (κ2) is 7.78. The van der Waals surface area contributed by atoms with E-state index < -0.39 is 0 Å². The molecule has 0 bridgehead atoms. The summed E-state index contributed by atoms with van der Waals surface area (Å²) in [6, 6.07) is 3.51. The van der Waals surface area contributed by atoms with Crippen LogP contribution in [0.1, 0.15) is 35.2 Å². The highest BCUT2D eigenvalue weighted by Gasteiger charge is 2.21. The molecule has 4 rings (SSSR count). The number of nitrogens with one attached hydrogen (secondary N) is 1. The first kappa shape index (κ1) is 19.3. The number of ether oxygens (including phenoxy) is 2. The molecule has 0 unspecified atom stereocenters. The molecule has 0 saturated heterocycles. The van der Waals surface area contributed by atoms with Crippen molar-refractivity contribution < 1.29 is 9.47 Å². The molecule has 3 aromatic rings. The van der Waals surface area contributed by atoms with E-state index in [1.165, 1.54) is 12.0 Å². The molecular formula is C20H18Cl2N2O3S. The summed E-state index contributed by atoms with van der Waals surface area (Å²) in [4.78, 5) is 22.0. The van der Waals surface area contributed by atoms with Crippen LogP contribution in [0.2, 0.25) is 5.02 Å². The predicted molar refractivity (Wildman–Crippen MR) is 115 cm³/mol. The zero-order valence-electron chi connectivity index (χ0n) is 15.4. The van der Waals surface area contributed by atoms with Gasteiger partial charge in [0.25, 0.3) is 5.56 Å². The number of fused-ring (bicyclic) bond motifs is 3. The van der Waals surface area contributed by atoms with Crippen LogP contribution in [-0.4, -0.2) is 23.7 Å². The van der Waals surface area contributed by atoms with E-state index >= 15 is 0 Å². The van der Waals surface area contributed by atoms with Crippen LogP contribution in [-0.2, 0) is 12.8 Å². The van der Waals surface area contributed by atoms with E-state index in [1.807, 2.05) is 6.92 Å². The van der Waals surface area contributed by atoms with Gasteiger partial charge in [-0.3, -0.25) is 4.79 Å². The Morgan fingerprint density at radius 1 is 1.39 bits per heavy atom. The van der Waals surface area contributed by atoms with Gasteiger partial charge in [0.1, 0.15) is 4.83 Å². The molecule has 5 nitrogen and oxygen atoms in total. The van der Waals surface area contributed by atoms with E-state index in [2.05, 4.69) is 9.97 Å². The van der Waals surface area contributed by atoms with Crippen LogP contribution in [0.25, 0.3) is 21.3 Å². The average molecular weight is 437 g/mol. The molecular weight excluding hydrogens is 419 g/mol. The third-order valence-corrected chi connectivity index (χ3v) is 6.39. The highest BCUT2D eigenvalue weighted by Crippen LogP contribution is 2.38. The lowest BCUT2D eigenvalue weighted by atomic mass is 10.1. The first-order valence-electron chi connectivity index (χ1n) is 8.94. The van der Waals surface area contributed by atoms with E-state index in [0.717, 1.165) is 35.2 Å². The Morgan fingerprint density at radius 2 is 2.21 bits per heavy atom. The van der Waals surface area contributed by atoms with Gasteiger partial charge in [-0.15, -0.1) is 11.3 Å². The highest BCUT2D eigenvalue weighted by molar-refractivity contribution is 7.18. The van der Waals surface area contributed by atoms with Crippen LogP contribution in [0.5, 0.6) is 11.5 Å². The van der Waals surface area contributed by atoms with E-state index in [-0.39, 0.29) is 5.56 Å². The van der Waals surface area contributed by atoms with Crippen molar-refractivity contribution in [2.24, 2.45) is 0 Å². The summed E-state index contributed by atoms with van der Waals surface area (Å²) in [6.45, 7) is 2.35. The van der Waals surface area contributed by atoms with Gasteiger partial charge in [-0.25, -0.2) is 4.98 Å². The zero-order chi connectivity index (χ0) is 19.8. The molecule has 0 radical (unpaired) electrons. The third-order valence-electron chi connectivity index (χ3n) is 4.63. The zero-order valence-corrected chi connectivity index (χ0v) is 17.7. The Bertz CT molecular complexity index is 1150. The molecule has 0 atom stereocenters. The van der Waals surface area contributed by atoms with Crippen LogP contribution >= 0.6 is 34.5 Å². The molecule has 28 heavy (non-hydrogen) atoms. The maximum atomic E-state index is 12.6. The number of hydrogen-bond donors (Lipinski definition) is 1. The highest BCUT2D eigenvalue weighted by atomic mass is 35.5. The minimum Gasteiger partial charge on any atom is -0.491 e. The quantitative estimate of drug-likeness (QED) is 0.591. The summed E-state index contributed by atoms with van der Waals surface area (Å²) < 4.78 is 10.9. The maximum absolute atomic E-state index is 12.6. The van der Waals surface area contributed by atoms with Gasteiger partial charge in [0.2, 0.25) is 0 Å².